The van der Waals surface area contributed by atoms with Gasteiger partial charge in [0, 0.05) is 31.6 Å². The third-order valence-electron chi connectivity index (χ3n) is 4.19. The lowest BCUT2D eigenvalue weighted by Gasteiger charge is -2.35. The molecule has 5 nitrogen and oxygen atoms in total. The van der Waals surface area contributed by atoms with Crippen LogP contribution in [0.3, 0.4) is 0 Å². The molecule has 0 aromatic heterocycles. The maximum atomic E-state index is 12.6. The van der Waals surface area contributed by atoms with Gasteiger partial charge in [0.05, 0.1) is 12.5 Å². The van der Waals surface area contributed by atoms with E-state index in [1.807, 2.05) is 23.6 Å². The van der Waals surface area contributed by atoms with E-state index < -0.39 is 0 Å². The van der Waals surface area contributed by atoms with Crippen molar-refractivity contribution in [1.29, 1.82) is 0 Å². The summed E-state index contributed by atoms with van der Waals surface area (Å²) >= 11 is 0. The number of likely N-dealkylation sites (tertiary alicyclic amines) is 1. The zero-order chi connectivity index (χ0) is 14.7. The molecule has 2 aliphatic rings. The standard InChI is InChI=1S/C15H26N2O3/c1-11(2)14(19)16-7-3-4-12(10-16)15(20)17(8-9-18)13-5-6-13/h11-13,18H,3-10H2,1-2H3. The van der Waals surface area contributed by atoms with Gasteiger partial charge in [0.2, 0.25) is 11.8 Å². The van der Waals surface area contributed by atoms with Gasteiger partial charge in [-0.3, -0.25) is 9.59 Å². The molecule has 1 saturated heterocycles. The van der Waals surface area contributed by atoms with Crippen molar-refractivity contribution in [1.82, 2.24) is 9.80 Å². The van der Waals surface area contributed by atoms with Gasteiger partial charge in [-0.15, -0.1) is 0 Å². The monoisotopic (exact) mass is 282 g/mol. The molecule has 1 unspecified atom stereocenters. The molecule has 0 aromatic carbocycles. The van der Waals surface area contributed by atoms with Gasteiger partial charge in [-0.1, -0.05) is 13.8 Å². The first-order valence-electron chi connectivity index (χ1n) is 7.74. The van der Waals surface area contributed by atoms with E-state index in [4.69, 9.17) is 5.11 Å². The SMILES string of the molecule is CC(C)C(=O)N1CCCC(C(=O)N(CCO)C2CC2)C1. The van der Waals surface area contributed by atoms with Gasteiger partial charge >= 0.3 is 0 Å². The number of carbonyl (C=O) groups is 2. The van der Waals surface area contributed by atoms with Crippen LogP contribution in [0.25, 0.3) is 0 Å². The second-order valence-corrected chi connectivity index (χ2v) is 6.26. The maximum absolute atomic E-state index is 12.6. The van der Waals surface area contributed by atoms with Gasteiger partial charge in [0.1, 0.15) is 0 Å². The van der Waals surface area contributed by atoms with Crippen molar-refractivity contribution in [3.05, 3.63) is 0 Å². The molecule has 2 amide bonds. The van der Waals surface area contributed by atoms with Crippen molar-refractivity contribution in [2.75, 3.05) is 26.2 Å². The molecule has 20 heavy (non-hydrogen) atoms. The number of hydrogen-bond donors (Lipinski definition) is 1. The molecule has 0 bridgehead atoms. The lowest BCUT2D eigenvalue weighted by Crippen LogP contribution is -2.48. The van der Waals surface area contributed by atoms with Crippen LogP contribution in [-0.4, -0.2) is 59.0 Å². The second kappa shape index (κ2) is 6.57. The van der Waals surface area contributed by atoms with Gasteiger partial charge in [0.15, 0.2) is 0 Å². The lowest BCUT2D eigenvalue weighted by molar-refractivity contribution is -0.143. The van der Waals surface area contributed by atoms with E-state index in [1.54, 1.807) is 0 Å². The van der Waals surface area contributed by atoms with Crippen molar-refractivity contribution < 1.29 is 14.7 Å². The molecule has 1 aliphatic heterocycles. The van der Waals surface area contributed by atoms with Crippen LogP contribution in [0.1, 0.15) is 39.5 Å². The lowest BCUT2D eigenvalue weighted by atomic mass is 9.95. The van der Waals surface area contributed by atoms with Crippen LogP contribution in [0.5, 0.6) is 0 Å². The van der Waals surface area contributed by atoms with Crippen molar-refractivity contribution in [3.63, 3.8) is 0 Å². The zero-order valence-electron chi connectivity index (χ0n) is 12.5. The predicted octanol–water partition coefficient (Wildman–Crippen LogP) is 0.864. The van der Waals surface area contributed by atoms with Crippen LogP contribution in [0.2, 0.25) is 0 Å². The molecule has 1 atom stereocenters. The van der Waals surface area contributed by atoms with E-state index >= 15 is 0 Å². The number of carbonyl (C=O) groups excluding carboxylic acids is 2. The molecule has 0 spiro atoms. The quantitative estimate of drug-likeness (QED) is 0.814. The highest BCUT2D eigenvalue weighted by molar-refractivity contribution is 5.82. The van der Waals surface area contributed by atoms with E-state index in [1.165, 1.54) is 0 Å². The maximum Gasteiger partial charge on any atom is 0.227 e. The average molecular weight is 282 g/mol. The largest absolute Gasteiger partial charge is 0.395 e. The minimum absolute atomic E-state index is 0.0131. The summed E-state index contributed by atoms with van der Waals surface area (Å²) in [5, 5.41) is 9.12. The van der Waals surface area contributed by atoms with E-state index in [0.717, 1.165) is 32.2 Å². The number of rotatable bonds is 5. The fourth-order valence-corrected chi connectivity index (χ4v) is 2.95. The first-order chi connectivity index (χ1) is 9.54. The van der Waals surface area contributed by atoms with E-state index in [-0.39, 0.29) is 30.3 Å². The number of hydrogen-bond acceptors (Lipinski definition) is 3. The van der Waals surface area contributed by atoms with Crippen LogP contribution >= 0.6 is 0 Å². The second-order valence-electron chi connectivity index (χ2n) is 6.26. The Morgan fingerprint density at radius 1 is 1.30 bits per heavy atom. The Morgan fingerprint density at radius 3 is 2.55 bits per heavy atom. The summed E-state index contributed by atoms with van der Waals surface area (Å²) in [5.74, 6) is 0.171. The molecule has 5 heteroatoms. The summed E-state index contributed by atoms with van der Waals surface area (Å²) in [6.07, 6.45) is 3.85. The Labute approximate surface area is 120 Å². The first kappa shape index (κ1) is 15.3. The molecular weight excluding hydrogens is 256 g/mol. The summed E-state index contributed by atoms with van der Waals surface area (Å²) in [6.45, 7) is 5.56. The van der Waals surface area contributed by atoms with E-state index in [2.05, 4.69) is 0 Å². The Bertz CT molecular complexity index is 366. The molecule has 2 rings (SSSR count). The van der Waals surface area contributed by atoms with Crippen molar-refractivity contribution >= 4 is 11.8 Å². The highest BCUT2D eigenvalue weighted by Gasteiger charge is 2.37. The molecule has 1 heterocycles. The summed E-state index contributed by atoms with van der Waals surface area (Å²) in [4.78, 5) is 28.3. The van der Waals surface area contributed by atoms with Crippen LogP contribution < -0.4 is 0 Å². The fourth-order valence-electron chi connectivity index (χ4n) is 2.95. The summed E-state index contributed by atoms with van der Waals surface area (Å²) in [6, 6.07) is 0.325. The van der Waals surface area contributed by atoms with Crippen LogP contribution in [0, 0.1) is 11.8 Å². The van der Waals surface area contributed by atoms with Crippen LogP contribution in [0.15, 0.2) is 0 Å². The predicted molar refractivity (Wildman–Crippen MR) is 76.0 cm³/mol. The Hall–Kier alpha value is -1.10. The van der Waals surface area contributed by atoms with E-state index in [9.17, 15) is 9.59 Å². The Kier molecular flexibility index (Phi) is 5.02. The average Bonchev–Trinajstić information content (AvgIpc) is 3.27. The molecule has 114 valence electrons. The molecule has 1 saturated carbocycles. The molecule has 0 aromatic rings. The number of nitrogens with zero attached hydrogens (tertiary/aromatic N) is 2. The Balaban J connectivity index is 1.96. The molecular formula is C15H26N2O3. The van der Waals surface area contributed by atoms with Gasteiger partial charge in [-0.2, -0.15) is 0 Å². The third kappa shape index (κ3) is 3.51. The van der Waals surface area contributed by atoms with Crippen molar-refractivity contribution in [3.8, 4) is 0 Å². The molecule has 0 radical (unpaired) electrons. The van der Waals surface area contributed by atoms with Gasteiger partial charge in [0.25, 0.3) is 0 Å². The fraction of sp³-hybridized carbons (Fsp3) is 0.867. The van der Waals surface area contributed by atoms with E-state index in [0.29, 0.717) is 19.1 Å². The number of aliphatic hydroxyl groups is 1. The van der Waals surface area contributed by atoms with Gasteiger partial charge < -0.3 is 14.9 Å². The minimum Gasteiger partial charge on any atom is -0.395 e. The number of aliphatic hydroxyl groups excluding tert-OH is 1. The molecule has 2 fully saturated rings. The van der Waals surface area contributed by atoms with Gasteiger partial charge in [-0.25, -0.2) is 0 Å². The van der Waals surface area contributed by atoms with Crippen molar-refractivity contribution in [2.45, 2.75) is 45.6 Å². The van der Waals surface area contributed by atoms with Crippen LogP contribution in [0.4, 0.5) is 0 Å². The molecule has 1 N–H and O–H groups in total. The topological polar surface area (TPSA) is 60.9 Å². The number of amides is 2. The highest BCUT2D eigenvalue weighted by Crippen LogP contribution is 2.30. The first-order valence-corrected chi connectivity index (χ1v) is 7.74. The Morgan fingerprint density at radius 2 is 2.00 bits per heavy atom. The molecule has 1 aliphatic carbocycles. The normalized spacial score (nSPS) is 23.0. The van der Waals surface area contributed by atoms with Crippen LogP contribution in [-0.2, 0) is 9.59 Å². The minimum atomic E-state index is -0.0846. The summed E-state index contributed by atoms with van der Waals surface area (Å²) < 4.78 is 0. The summed E-state index contributed by atoms with van der Waals surface area (Å²) in [5.41, 5.74) is 0. The number of piperidine rings is 1. The van der Waals surface area contributed by atoms with Crippen molar-refractivity contribution in [2.24, 2.45) is 11.8 Å². The third-order valence-corrected chi connectivity index (χ3v) is 4.19. The highest BCUT2D eigenvalue weighted by atomic mass is 16.3. The smallest absolute Gasteiger partial charge is 0.227 e. The van der Waals surface area contributed by atoms with Gasteiger partial charge in [-0.05, 0) is 25.7 Å². The summed E-state index contributed by atoms with van der Waals surface area (Å²) in [7, 11) is 0. The zero-order valence-corrected chi connectivity index (χ0v) is 12.5.